The number of rotatable bonds is 4. The molecule has 1 N–H and O–H groups in total. The highest BCUT2D eigenvalue weighted by Crippen LogP contribution is 2.24. The minimum Gasteiger partial charge on any atom is -0.478 e. The van der Waals surface area contributed by atoms with Gasteiger partial charge in [-0.25, -0.2) is 9.18 Å². The lowest BCUT2D eigenvalue weighted by Gasteiger charge is -2.03. The first-order valence-corrected chi connectivity index (χ1v) is 5.68. The van der Waals surface area contributed by atoms with Crippen LogP contribution in [0, 0.1) is 5.82 Å². The summed E-state index contributed by atoms with van der Waals surface area (Å²) >= 11 is 0. The highest BCUT2D eigenvalue weighted by molar-refractivity contribution is 5.89. The van der Waals surface area contributed by atoms with E-state index < -0.39 is 11.8 Å². The molecule has 1 heterocycles. The SMILES string of the molecule is CCCn1cc(-c2cccc(C(=O)O)c2F)cn1. The van der Waals surface area contributed by atoms with Crippen molar-refractivity contribution in [2.45, 2.75) is 19.9 Å². The Balaban J connectivity index is 2.43. The van der Waals surface area contributed by atoms with E-state index in [1.165, 1.54) is 12.1 Å². The van der Waals surface area contributed by atoms with Crippen LogP contribution in [0.5, 0.6) is 0 Å². The van der Waals surface area contributed by atoms with Gasteiger partial charge in [0.1, 0.15) is 5.82 Å². The summed E-state index contributed by atoms with van der Waals surface area (Å²) in [6.07, 6.45) is 4.19. The molecule has 0 fully saturated rings. The monoisotopic (exact) mass is 248 g/mol. The molecule has 0 spiro atoms. The summed E-state index contributed by atoms with van der Waals surface area (Å²) in [6, 6.07) is 4.33. The van der Waals surface area contributed by atoms with Gasteiger partial charge in [-0.15, -0.1) is 0 Å². The molecule has 0 saturated heterocycles. The Morgan fingerprint density at radius 1 is 1.50 bits per heavy atom. The van der Waals surface area contributed by atoms with E-state index in [4.69, 9.17) is 5.11 Å². The number of aromatic nitrogens is 2. The van der Waals surface area contributed by atoms with Gasteiger partial charge in [0.2, 0.25) is 0 Å². The minimum absolute atomic E-state index is 0.261. The van der Waals surface area contributed by atoms with Crippen molar-refractivity contribution in [2.75, 3.05) is 0 Å². The molecule has 0 atom stereocenters. The number of carboxylic acid groups (broad SMARTS) is 1. The average molecular weight is 248 g/mol. The van der Waals surface area contributed by atoms with Gasteiger partial charge in [0.15, 0.2) is 0 Å². The Kier molecular flexibility index (Phi) is 3.41. The third-order valence-corrected chi connectivity index (χ3v) is 2.63. The van der Waals surface area contributed by atoms with Crippen molar-refractivity contribution in [3.05, 3.63) is 42.0 Å². The molecule has 0 aliphatic carbocycles. The predicted molar refractivity (Wildman–Crippen MR) is 64.9 cm³/mol. The number of hydrogen-bond acceptors (Lipinski definition) is 2. The lowest BCUT2D eigenvalue weighted by atomic mass is 10.1. The van der Waals surface area contributed by atoms with E-state index in [0.717, 1.165) is 13.0 Å². The maximum atomic E-state index is 14.0. The summed E-state index contributed by atoms with van der Waals surface area (Å²) in [5.74, 6) is -1.99. The van der Waals surface area contributed by atoms with Crippen molar-refractivity contribution in [1.82, 2.24) is 9.78 Å². The number of hydrogen-bond donors (Lipinski definition) is 1. The van der Waals surface area contributed by atoms with E-state index in [0.29, 0.717) is 5.56 Å². The molecular formula is C13H13FN2O2. The van der Waals surface area contributed by atoms with Gasteiger partial charge >= 0.3 is 5.97 Å². The molecule has 1 aromatic carbocycles. The molecule has 0 aliphatic rings. The summed E-state index contributed by atoms with van der Waals surface area (Å²) < 4.78 is 15.7. The molecule has 0 radical (unpaired) electrons. The van der Waals surface area contributed by atoms with Crippen molar-refractivity contribution in [3.8, 4) is 11.1 Å². The molecule has 5 heteroatoms. The van der Waals surface area contributed by atoms with Gasteiger partial charge in [-0.1, -0.05) is 19.1 Å². The number of carboxylic acids is 1. The van der Waals surface area contributed by atoms with Crippen molar-refractivity contribution >= 4 is 5.97 Å². The first-order chi connectivity index (χ1) is 8.63. The molecule has 0 bridgehead atoms. The third-order valence-electron chi connectivity index (χ3n) is 2.63. The van der Waals surface area contributed by atoms with Crippen molar-refractivity contribution in [3.63, 3.8) is 0 Å². The van der Waals surface area contributed by atoms with Crippen LogP contribution in [0.1, 0.15) is 23.7 Å². The zero-order valence-electron chi connectivity index (χ0n) is 9.93. The topological polar surface area (TPSA) is 55.1 Å². The van der Waals surface area contributed by atoms with E-state index in [9.17, 15) is 9.18 Å². The van der Waals surface area contributed by atoms with E-state index in [1.54, 1.807) is 23.1 Å². The smallest absolute Gasteiger partial charge is 0.338 e. The van der Waals surface area contributed by atoms with Gasteiger partial charge in [0.05, 0.1) is 11.8 Å². The summed E-state index contributed by atoms with van der Waals surface area (Å²) in [4.78, 5) is 10.9. The quantitative estimate of drug-likeness (QED) is 0.905. The molecule has 4 nitrogen and oxygen atoms in total. The van der Waals surface area contributed by atoms with Crippen molar-refractivity contribution in [2.24, 2.45) is 0 Å². The number of aromatic carboxylic acids is 1. The molecule has 0 saturated carbocycles. The standard InChI is InChI=1S/C13H13FN2O2/c1-2-6-16-8-9(7-15-16)10-4-3-5-11(12(10)14)13(17)18/h3-5,7-8H,2,6H2,1H3,(H,17,18). The molecular weight excluding hydrogens is 235 g/mol. The van der Waals surface area contributed by atoms with Crippen LogP contribution in [-0.2, 0) is 6.54 Å². The fraction of sp³-hybridized carbons (Fsp3) is 0.231. The zero-order valence-corrected chi connectivity index (χ0v) is 9.93. The summed E-state index contributed by atoms with van der Waals surface area (Å²) in [5.41, 5.74) is 0.525. The Bertz CT molecular complexity index is 578. The summed E-state index contributed by atoms with van der Waals surface area (Å²) in [6.45, 7) is 2.77. The van der Waals surface area contributed by atoms with Crippen LogP contribution < -0.4 is 0 Å². The van der Waals surface area contributed by atoms with Crippen LogP contribution in [0.2, 0.25) is 0 Å². The van der Waals surface area contributed by atoms with Crippen molar-refractivity contribution < 1.29 is 14.3 Å². The summed E-state index contributed by atoms with van der Waals surface area (Å²) in [7, 11) is 0. The molecule has 2 rings (SSSR count). The normalized spacial score (nSPS) is 10.6. The lowest BCUT2D eigenvalue weighted by Crippen LogP contribution is -2.01. The molecule has 0 unspecified atom stereocenters. The number of nitrogens with zero attached hydrogens (tertiary/aromatic N) is 2. The number of benzene rings is 1. The van der Waals surface area contributed by atoms with E-state index >= 15 is 0 Å². The van der Waals surface area contributed by atoms with Crippen LogP contribution in [0.3, 0.4) is 0 Å². The summed E-state index contributed by atoms with van der Waals surface area (Å²) in [5, 5.41) is 13.0. The third kappa shape index (κ3) is 2.25. The molecule has 1 aromatic heterocycles. The maximum Gasteiger partial charge on any atom is 0.338 e. The fourth-order valence-corrected chi connectivity index (χ4v) is 1.77. The van der Waals surface area contributed by atoms with Gasteiger partial charge in [-0.05, 0) is 12.5 Å². The van der Waals surface area contributed by atoms with Gasteiger partial charge in [-0.3, -0.25) is 4.68 Å². The van der Waals surface area contributed by atoms with Crippen LogP contribution in [0.25, 0.3) is 11.1 Å². The van der Waals surface area contributed by atoms with Crippen LogP contribution in [0.15, 0.2) is 30.6 Å². The second-order valence-electron chi connectivity index (χ2n) is 3.96. The van der Waals surface area contributed by atoms with Gasteiger partial charge < -0.3 is 5.11 Å². The predicted octanol–water partition coefficient (Wildman–Crippen LogP) is 2.80. The van der Waals surface area contributed by atoms with Crippen LogP contribution in [0.4, 0.5) is 4.39 Å². The highest BCUT2D eigenvalue weighted by Gasteiger charge is 2.15. The average Bonchev–Trinajstić information content (AvgIpc) is 2.78. The minimum atomic E-state index is -1.27. The van der Waals surface area contributed by atoms with Gasteiger partial charge in [-0.2, -0.15) is 5.10 Å². The largest absolute Gasteiger partial charge is 0.478 e. The maximum absolute atomic E-state index is 14.0. The van der Waals surface area contributed by atoms with E-state index in [2.05, 4.69) is 5.10 Å². The number of halogens is 1. The molecule has 18 heavy (non-hydrogen) atoms. The first-order valence-electron chi connectivity index (χ1n) is 5.68. The fourth-order valence-electron chi connectivity index (χ4n) is 1.77. The van der Waals surface area contributed by atoms with Crippen LogP contribution in [-0.4, -0.2) is 20.9 Å². The molecule has 0 amide bonds. The van der Waals surface area contributed by atoms with E-state index in [1.807, 2.05) is 6.92 Å². The Hall–Kier alpha value is -2.17. The first kappa shape index (κ1) is 12.3. The Labute approximate surface area is 104 Å². The van der Waals surface area contributed by atoms with Gasteiger partial charge in [0.25, 0.3) is 0 Å². The number of aryl methyl sites for hydroxylation is 1. The molecule has 0 aliphatic heterocycles. The van der Waals surface area contributed by atoms with E-state index in [-0.39, 0.29) is 11.1 Å². The van der Waals surface area contributed by atoms with Gasteiger partial charge in [0, 0.05) is 23.9 Å². The lowest BCUT2D eigenvalue weighted by molar-refractivity contribution is 0.0692. The van der Waals surface area contributed by atoms with Crippen LogP contribution >= 0.6 is 0 Å². The second-order valence-corrected chi connectivity index (χ2v) is 3.96. The highest BCUT2D eigenvalue weighted by atomic mass is 19.1. The second kappa shape index (κ2) is 5.00. The zero-order chi connectivity index (χ0) is 13.1. The number of carbonyl (C=O) groups is 1. The van der Waals surface area contributed by atoms with Crippen molar-refractivity contribution in [1.29, 1.82) is 0 Å². The molecule has 94 valence electrons. The Morgan fingerprint density at radius 3 is 2.94 bits per heavy atom. The Morgan fingerprint density at radius 2 is 2.28 bits per heavy atom. The molecule has 2 aromatic rings.